The summed E-state index contributed by atoms with van der Waals surface area (Å²) in [6.45, 7) is 3.77. The number of fused-ring (bicyclic) bond motifs is 1. The zero-order valence-corrected chi connectivity index (χ0v) is 11.3. The molecule has 106 valence electrons. The summed E-state index contributed by atoms with van der Waals surface area (Å²) in [6, 6.07) is 2.44. The fraction of sp³-hybridized carbons (Fsp3) is 0.286. The van der Waals surface area contributed by atoms with Gasteiger partial charge in [-0.3, -0.25) is 9.59 Å². The van der Waals surface area contributed by atoms with Crippen LogP contribution in [0.4, 0.5) is 5.88 Å². The zero-order valence-electron chi connectivity index (χ0n) is 11.3. The summed E-state index contributed by atoms with van der Waals surface area (Å²) in [4.78, 5) is 23.1. The van der Waals surface area contributed by atoms with Gasteiger partial charge in [-0.05, 0) is 37.1 Å². The molecule has 2 rings (SSSR count). The van der Waals surface area contributed by atoms with E-state index in [-0.39, 0.29) is 23.3 Å². The van der Waals surface area contributed by atoms with E-state index in [4.69, 9.17) is 21.0 Å². The standard InChI is InChI=1S/C14H16N2O4/c1-6-3-8-10(4-7(6)2)20-14(16)12(13(8)19)9(15)5-11(17)18/h3-4,9H,5,15-16H2,1-2H3,(H,17,18). The molecule has 0 fully saturated rings. The van der Waals surface area contributed by atoms with Crippen LogP contribution in [0.25, 0.3) is 11.0 Å². The zero-order chi connectivity index (χ0) is 15.0. The van der Waals surface area contributed by atoms with Crippen molar-refractivity contribution in [2.75, 3.05) is 5.73 Å². The molecule has 0 aliphatic rings. The predicted octanol–water partition coefficient (Wildman–Crippen LogP) is 1.47. The number of carbonyl (C=O) groups is 1. The van der Waals surface area contributed by atoms with E-state index in [0.29, 0.717) is 11.0 Å². The van der Waals surface area contributed by atoms with Crippen LogP contribution in [0.5, 0.6) is 0 Å². The van der Waals surface area contributed by atoms with Crippen molar-refractivity contribution >= 4 is 22.8 Å². The second kappa shape index (κ2) is 4.97. The first-order chi connectivity index (χ1) is 9.31. The van der Waals surface area contributed by atoms with Gasteiger partial charge in [0.1, 0.15) is 5.58 Å². The molecule has 6 nitrogen and oxygen atoms in total. The predicted molar refractivity (Wildman–Crippen MR) is 75.6 cm³/mol. The van der Waals surface area contributed by atoms with Crippen molar-refractivity contribution in [2.45, 2.75) is 26.3 Å². The van der Waals surface area contributed by atoms with Crippen molar-refractivity contribution in [1.29, 1.82) is 0 Å². The Kier molecular flexibility index (Phi) is 3.50. The smallest absolute Gasteiger partial charge is 0.305 e. The number of hydrogen-bond donors (Lipinski definition) is 3. The number of carboxylic acids is 1. The molecule has 0 spiro atoms. The van der Waals surface area contributed by atoms with Gasteiger partial charge >= 0.3 is 5.97 Å². The normalized spacial score (nSPS) is 12.6. The third-order valence-electron chi connectivity index (χ3n) is 3.34. The van der Waals surface area contributed by atoms with E-state index in [1.54, 1.807) is 12.1 Å². The van der Waals surface area contributed by atoms with Crippen LogP contribution in [0.15, 0.2) is 21.3 Å². The minimum Gasteiger partial charge on any atom is -0.481 e. The SMILES string of the molecule is Cc1cc2oc(N)c(C(N)CC(=O)O)c(=O)c2cc1C. The van der Waals surface area contributed by atoms with Crippen LogP contribution in [0.3, 0.4) is 0 Å². The number of benzene rings is 1. The van der Waals surface area contributed by atoms with Gasteiger partial charge in [-0.15, -0.1) is 0 Å². The van der Waals surface area contributed by atoms with Gasteiger partial charge < -0.3 is 21.0 Å². The Hall–Kier alpha value is -2.34. The molecule has 2 aromatic rings. The minimum absolute atomic E-state index is 0.0168. The molecule has 1 aromatic heterocycles. The summed E-state index contributed by atoms with van der Waals surface area (Å²) in [5.74, 6) is -1.23. The van der Waals surface area contributed by atoms with Crippen LogP contribution in [0, 0.1) is 13.8 Å². The number of aliphatic carboxylic acids is 1. The molecule has 1 aromatic carbocycles. The Balaban J connectivity index is 2.71. The van der Waals surface area contributed by atoms with Crippen molar-refractivity contribution < 1.29 is 14.3 Å². The number of carboxylic acid groups (broad SMARTS) is 1. The second-order valence-corrected chi connectivity index (χ2v) is 4.85. The van der Waals surface area contributed by atoms with E-state index < -0.39 is 12.0 Å². The number of hydrogen-bond acceptors (Lipinski definition) is 5. The Bertz CT molecular complexity index is 749. The molecule has 6 heteroatoms. The van der Waals surface area contributed by atoms with Gasteiger partial charge in [-0.25, -0.2) is 0 Å². The molecule has 5 N–H and O–H groups in total. The fourth-order valence-electron chi connectivity index (χ4n) is 2.12. The van der Waals surface area contributed by atoms with Gasteiger partial charge in [-0.2, -0.15) is 0 Å². The fourth-order valence-corrected chi connectivity index (χ4v) is 2.12. The van der Waals surface area contributed by atoms with E-state index in [1.165, 1.54) is 0 Å². The molecule has 0 radical (unpaired) electrons. The highest BCUT2D eigenvalue weighted by atomic mass is 16.4. The Morgan fingerprint density at radius 2 is 1.95 bits per heavy atom. The van der Waals surface area contributed by atoms with Crippen LogP contribution in [0.2, 0.25) is 0 Å². The maximum Gasteiger partial charge on any atom is 0.305 e. The van der Waals surface area contributed by atoms with Crippen LogP contribution in [0.1, 0.15) is 29.2 Å². The van der Waals surface area contributed by atoms with Crippen molar-refractivity contribution in [2.24, 2.45) is 5.73 Å². The highest BCUT2D eigenvalue weighted by Gasteiger charge is 2.21. The highest BCUT2D eigenvalue weighted by Crippen LogP contribution is 2.24. The van der Waals surface area contributed by atoms with E-state index >= 15 is 0 Å². The van der Waals surface area contributed by atoms with Crippen molar-refractivity contribution in [3.8, 4) is 0 Å². The lowest BCUT2D eigenvalue weighted by atomic mass is 10.0. The number of nitrogens with two attached hydrogens (primary N) is 2. The molecule has 0 saturated carbocycles. The Labute approximate surface area is 115 Å². The molecule has 0 bridgehead atoms. The van der Waals surface area contributed by atoms with E-state index in [1.807, 2.05) is 13.8 Å². The molecule has 1 heterocycles. The molecular weight excluding hydrogens is 260 g/mol. The maximum absolute atomic E-state index is 12.4. The quantitative estimate of drug-likeness (QED) is 0.780. The minimum atomic E-state index is -1.10. The molecular formula is C14H16N2O4. The van der Waals surface area contributed by atoms with Crippen molar-refractivity contribution in [1.82, 2.24) is 0 Å². The second-order valence-electron chi connectivity index (χ2n) is 4.85. The van der Waals surface area contributed by atoms with E-state index in [2.05, 4.69) is 0 Å². The summed E-state index contributed by atoms with van der Waals surface area (Å²) in [6.07, 6.45) is -0.384. The summed E-state index contributed by atoms with van der Waals surface area (Å²) in [7, 11) is 0. The summed E-state index contributed by atoms with van der Waals surface area (Å²) >= 11 is 0. The van der Waals surface area contributed by atoms with Crippen LogP contribution in [-0.4, -0.2) is 11.1 Å². The maximum atomic E-state index is 12.4. The van der Waals surface area contributed by atoms with Gasteiger partial charge in [0.15, 0.2) is 11.3 Å². The Morgan fingerprint density at radius 1 is 1.35 bits per heavy atom. The number of anilines is 1. The molecule has 1 unspecified atom stereocenters. The molecule has 20 heavy (non-hydrogen) atoms. The molecule has 1 atom stereocenters. The average Bonchev–Trinajstić information content (AvgIpc) is 2.31. The van der Waals surface area contributed by atoms with Gasteiger partial charge in [0.2, 0.25) is 0 Å². The van der Waals surface area contributed by atoms with Crippen LogP contribution < -0.4 is 16.9 Å². The Morgan fingerprint density at radius 3 is 2.55 bits per heavy atom. The number of rotatable bonds is 3. The first kappa shape index (κ1) is 14.1. The third-order valence-corrected chi connectivity index (χ3v) is 3.34. The van der Waals surface area contributed by atoms with E-state index in [9.17, 15) is 9.59 Å². The monoisotopic (exact) mass is 276 g/mol. The van der Waals surface area contributed by atoms with Crippen LogP contribution >= 0.6 is 0 Å². The van der Waals surface area contributed by atoms with Crippen LogP contribution in [-0.2, 0) is 4.79 Å². The van der Waals surface area contributed by atoms with Gasteiger partial charge in [0.25, 0.3) is 0 Å². The number of aryl methyl sites for hydroxylation is 2. The summed E-state index contributed by atoms with van der Waals surface area (Å²) < 4.78 is 5.42. The topological polar surface area (TPSA) is 120 Å². The van der Waals surface area contributed by atoms with Crippen molar-refractivity contribution in [3.05, 3.63) is 39.0 Å². The van der Waals surface area contributed by atoms with Gasteiger partial charge in [0, 0.05) is 6.04 Å². The summed E-state index contributed by atoms with van der Waals surface area (Å²) in [5.41, 5.74) is 13.4. The molecule has 0 aliphatic carbocycles. The molecule has 0 saturated heterocycles. The third kappa shape index (κ3) is 2.37. The highest BCUT2D eigenvalue weighted by molar-refractivity contribution is 5.81. The van der Waals surface area contributed by atoms with Gasteiger partial charge in [-0.1, -0.05) is 0 Å². The number of nitrogen functional groups attached to an aromatic ring is 1. The first-order valence-electron chi connectivity index (χ1n) is 6.12. The van der Waals surface area contributed by atoms with E-state index in [0.717, 1.165) is 11.1 Å². The molecule has 0 amide bonds. The first-order valence-corrected chi connectivity index (χ1v) is 6.12. The van der Waals surface area contributed by atoms with Gasteiger partial charge in [0.05, 0.1) is 17.4 Å². The lowest BCUT2D eigenvalue weighted by Crippen LogP contribution is -2.24. The molecule has 0 aliphatic heterocycles. The summed E-state index contributed by atoms with van der Waals surface area (Å²) in [5, 5.41) is 9.13. The lowest BCUT2D eigenvalue weighted by molar-refractivity contribution is -0.137. The largest absolute Gasteiger partial charge is 0.481 e. The lowest BCUT2D eigenvalue weighted by Gasteiger charge is -2.12. The van der Waals surface area contributed by atoms with Crippen molar-refractivity contribution in [3.63, 3.8) is 0 Å². The average molecular weight is 276 g/mol.